The van der Waals surface area contributed by atoms with Crippen LogP contribution in [0.15, 0.2) is 42.5 Å². The summed E-state index contributed by atoms with van der Waals surface area (Å²) in [5, 5.41) is 4.33. The first-order valence-electron chi connectivity index (χ1n) is 9.50. The molecule has 0 saturated carbocycles. The van der Waals surface area contributed by atoms with E-state index >= 15 is 0 Å². The number of nitrogens with zero attached hydrogens (tertiary/aromatic N) is 1. The van der Waals surface area contributed by atoms with Crippen LogP contribution in [0.1, 0.15) is 38.3 Å². The largest absolute Gasteiger partial charge is 0.352 e. The first-order chi connectivity index (χ1) is 13.7. The van der Waals surface area contributed by atoms with E-state index in [1.165, 1.54) is 4.90 Å². The molecule has 4 nitrogen and oxygen atoms in total. The third-order valence-corrected chi connectivity index (χ3v) is 5.93. The van der Waals surface area contributed by atoms with Crippen LogP contribution >= 0.6 is 34.8 Å². The summed E-state index contributed by atoms with van der Waals surface area (Å²) in [5.41, 5.74) is 1.30. The number of benzene rings is 2. The summed E-state index contributed by atoms with van der Waals surface area (Å²) in [5.74, 6) is -0.462. The number of halogens is 3. The van der Waals surface area contributed by atoms with Gasteiger partial charge in [-0.3, -0.25) is 9.59 Å². The molecule has 0 saturated heterocycles. The lowest BCUT2D eigenvalue weighted by atomic mass is 10.1. The van der Waals surface area contributed by atoms with Gasteiger partial charge in [-0.05, 0) is 44.0 Å². The molecule has 156 valence electrons. The molecular weight excluding hydrogens is 431 g/mol. The van der Waals surface area contributed by atoms with Crippen molar-refractivity contribution in [3.63, 3.8) is 0 Å². The van der Waals surface area contributed by atoms with Gasteiger partial charge in [-0.25, -0.2) is 0 Å². The Bertz CT molecular complexity index is 853. The predicted molar refractivity (Wildman–Crippen MR) is 120 cm³/mol. The molecule has 2 unspecified atom stereocenters. The molecule has 0 spiro atoms. The zero-order chi connectivity index (χ0) is 21.6. The van der Waals surface area contributed by atoms with Crippen LogP contribution in [0.4, 0.5) is 0 Å². The fourth-order valence-corrected chi connectivity index (χ4v) is 3.53. The van der Waals surface area contributed by atoms with Crippen molar-refractivity contribution in [2.24, 2.45) is 0 Å². The van der Waals surface area contributed by atoms with E-state index in [0.29, 0.717) is 26.2 Å². The van der Waals surface area contributed by atoms with Crippen molar-refractivity contribution in [2.45, 2.75) is 52.2 Å². The Morgan fingerprint density at radius 3 is 2.14 bits per heavy atom. The van der Waals surface area contributed by atoms with Crippen LogP contribution in [-0.4, -0.2) is 28.8 Å². The average molecular weight is 456 g/mol. The maximum Gasteiger partial charge on any atom is 0.242 e. The Kier molecular flexibility index (Phi) is 8.81. The summed E-state index contributed by atoms with van der Waals surface area (Å²) in [6, 6.07) is 11.6. The zero-order valence-electron chi connectivity index (χ0n) is 16.7. The molecule has 2 amide bonds. The molecule has 0 aliphatic heterocycles. The Morgan fingerprint density at radius 1 is 0.966 bits per heavy atom. The molecule has 1 N–H and O–H groups in total. The van der Waals surface area contributed by atoms with Gasteiger partial charge in [0.2, 0.25) is 11.8 Å². The summed E-state index contributed by atoms with van der Waals surface area (Å²) in [6.07, 6.45) is 0.866. The van der Waals surface area contributed by atoms with Crippen LogP contribution in [0.5, 0.6) is 0 Å². The number of nitrogens with one attached hydrogen (secondary N) is 1. The lowest BCUT2D eigenvalue weighted by molar-refractivity contribution is -0.140. The molecule has 2 aromatic carbocycles. The van der Waals surface area contributed by atoms with Crippen molar-refractivity contribution < 1.29 is 9.59 Å². The maximum absolute atomic E-state index is 13.2. The van der Waals surface area contributed by atoms with Gasteiger partial charge in [-0.15, -0.1) is 0 Å². The molecule has 29 heavy (non-hydrogen) atoms. The minimum absolute atomic E-state index is 0.00868. The lowest BCUT2D eigenvalue weighted by Crippen LogP contribution is -2.50. The summed E-state index contributed by atoms with van der Waals surface area (Å²) in [4.78, 5) is 27.4. The van der Waals surface area contributed by atoms with E-state index in [4.69, 9.17) is 34.8 Å². The van der Waals surface area contributed by atoms with Crippen LogP contribution in [0.3, 0.4) is 0 Å². The minimum atomic E-state index is -0.702. The van der Waals surface area contributed by atoms with E-state index in [-0.39, 0.29) is 30.8 Å². The van der Waals surface area contributed by atoms with Crippen LogP contribution < -0.4 is 5.32 Å². The third-order valence-electron chi connectivity index (χ3n) is 4.86. The molecule has 0 heterocycles. The maximum atomic E-state index is 13.2. The fraction of sp³-hybridized carbons (Fsp3) is 0.364. The van der Waals surface area contributed by atoms with E-state index in [1.807, 2.05) is 19.9 Å². The third kappa shape index (κ3) is 6.36. The van der Waals surface area contributed by atoms with Gasteiger partial charge in [0.05, 0.1) is 6.42 Å². The normalized spacial score (nSPS) is 12.9. The van der Waals surface area contributed by atoms with Crippen molar-refractivity contribution in [3.8, 4) is 0 Å². The number of carbonyl (C=O) groups excluding carboxylic acids is 2. The van der Waals surface area contributed by atoms with Crippen molar-refractivity contribution in [1.82, 2.24) is 10.2 Å². The predicted octanol–water partition coefficient (Wildman–Crippen LogP) is 5.52. The average Bonchev–Trinajstić information content (AvgIpc) is 2.68. The van der Waals surface area contributed by atoms with Gasteiger partial charge in [0.1, 0.15) is 6.04 Å². The lowest BCUT2D eigenvalue weighted by Gasteiger charge is -2.30. The number of amides is 2. The topological polar surface area (TPSA) is 49.4 Å². The first-order valence-corrected chi connectivity index (χ1v) is 10.6. The van der Waals surface area contributed by atoms with Crippen molar-refractivity contribution >= 4 is 46.6 Å². The smallest absolute Gasteiger partial charge is 0.242 e. The molecule has 0 bridgehead atoms. The van der Waals surface area contributed by atoms with Crippen LogP contribution in [0.25, 0.3) is 0 Å². The second-order valence-electron chi connectivity index (χ2n) is 6.98. The second-order valence-corrected chi connectivity index (χ2v) is 8.21. The van der Waals surface area contributed by atoms with Crippen molar-refractivity contribution in [2.75, 3.05) is 0 Å². The molecule has 0 aliphatic rings. The van der Waals surface area contributed by atoms with Gasteiger partial charge in [-0.1, -0.05) is 66.0 Å². The molecule has 2 atom stereocenters. The molecule has 0 fully saturated rings. The van der Waals surface area contributed by atoms with E-state index in [1.54, 1.807) is 43.3 Å². The van der Waals surface area contributed by atoms with Gasteiger partial charge >= 0.3 is 0 Å². The van der Waals surface area contributed by atoms with Gasteiger partial charge in [0, 0.05) is 33.2 Å². The highest BCUT2D eigenvalue weighted by molar-refractivity contribution is 6.36. The molecule has 0 aromatic heterocycles. The van der Waals surface area contributed by atoms with Crippen LogP contribution in [-0.2, 0) is 22.6 Å². The monoisotopic (exact) mass is 454 g/mol. The van der Waals surface area contributed by atoms with Crippen LogP contribution in [0.2, 0.25) is 15.1 Å². The van der Waals surface area contributed by atoms with Gasteiger partial charge in [0.15, 0.2) is 0 Å². The SMILES string of the molecule is CCC(C)NC(=O)C(C)N(Cc1c(Cl)cccc1Cl)C(=O)Cc1ccccc1Cl. The molecule has 7 heteroatoms. The molecule has 0 aliphatic carbocycles. The Labute approximate surface area is 187 Å². The van der Waals surface area contributed by atoms with Crippen LogP contribution in [0, 0.1) is 0 Å². The highest BCUT2D eigenvalue weighted by atomic mass is 35.5. The van der Waals surface area contributed by atoms with E-state index in [0.717, 1.165) is 6.42 Å². The Balaban J connectivity index is 2.32. The van der Waals surface area contributed by atoms with Crippen molar-refractivity contribution in [3.05, 3.63) is 68.7 Å². The molecule has 2 rings (SSSR count). The van der Waals surface area contributed by atoms with Gasteiger partial charge in [0.25, 0.3) is 0 Å². The second kappa shape index (κ2) is 10.9. The molecule has 2 aromatic rings. The molecule has 0 radical (unpaired) electrons. The number of rotatable bonds is 8. The Hall–Kier alpha value is -1.75. The first kappa shape index (κ1) is 23.5. The molecular formula is C22H25Cl3N2O2. The van der Waals surface area contributed by atoms with E-state index in [2.05, 4.69) is 5.32 Å². The van der Waals surface area contributed by atoms with E-state index in [9.17, 15) is 9.59 Å². The van der Waals surface area contributed by atoms with Gasteiger partial charge < -0.3 is 10.2 Å². The Morgan fingerprint density at radius 2 is 1.55 bits per heavy atom. The highest BCUT2D eigenvalue weighted by Gasteiger charge is 2.28. The summed E-state index contributed by atoms with van der Waals surface area (Å²) >= 11 is 18.8. The quantitative estimate of drug-likeness (QED) is 0.569. The minimum Gasteiger partial charge on any atom is -0.352 e. The number of carbonyl (C=O) groups is 2. The highest BCUT2D eigenvalue weighted by Crippen LogP contribution is 2.27. The van der Waals surface area contributed by atoms with Crippen molar-refractivity contribution in [1.29, 1.82) is 0 Å². The number of hydrogen-bond acceptors (Lipinski definition) is 2. The zero-order valence-corrected chi connectivity index (χ0v) is 19.0. The number of hydrogen-bond donors (Lipinski definition) is 1. The standard InChI is InChI=1S/C22H25Cl3N2O2/c1-4-14(2)26-22(29)15(3)27(13-17-19(24)10-7-11-20(17)25)21(28)12-16-8-5-6-9-18(16)23/h5-11,14-15H,4,12-13H2,1-3H3,(H,26,29). The summed E-state index contributed by atoms with van der Waals surface area (Å²) < 4.78 is 0. The summed E-state index contributed by atoms with van der Waals surface area (Å²) in [6.45, 7) is 5.73. The van der Waals surface area contributed by atoms with E-state index < -0.39 is 6.04 Å². The summed E-state index contributed by atoms with van der Waals surface area (Å²) in [7, 11) is 0. The van der Waals surface area contributed by atoms with Gasteiger partial charge in [-0.2, -0.15) is 0 Å². The fourth-order valence-electron chi connectivity index (χ4n) is 2.81.